The van der Waals surface area contributed by atoms with Crippen molar-refractivity contribution in [1.29, 1.82) is 0 Å². The molecule has 1 saturated heterocycles. The van der Waals surface area contributed by atoms with Gasteiger partial charge in [0.25, 0.3) is 0 Å². The molecule has 1 aliphatic carbocycles. The number of carbonyl (C=O) groups is 1. The fourth-order valence-electron chi connectivity index (χ4n) is 4.07. The van der Waals surface area contributed by atoms with E-state index in [0.29, 0.717) is 23.6 Å². The zero-order valence-corrected chi connectivity index (χ0v) is 13.6. The third-order valence-corrected chi connectivity index (χ3v) is 5.33. The van der Waals surface area contributed by atoms with Gasteiger partial charge < -0.3 is 10.5 Å². The summed E-state index contributed by atoms with van der Waals surface area (Å²) in [7, 11) is 1.34. The van der Waals surface area contributed by atoms with Crippen LogP contribution in [0.5, 0.6) is 0 Å². The van der Waals surface area contributed by atoms with E-state index in [1.165, 1.54) is 19.2 Å². The van der Waals surface area contributed by atoms with Gasteiger partial charge in [-0.15, -0.1) is 0 Å². The summed E-state index contributed by atoms with van der Waals surface area (Å²) in [6, 6.07) is 5.40. The molecule has 2 fully saturated rings. The van der Waals surface area contributed by atoms with Gasteiger partial charge in [-0.1, -0.05) is 6.07 Å². The van der Waals surface area contributed by atoms with Crippen LogP contribution in [0, 0.1) is 5.82 Å². The Morgan fingerprint density at radius 1 is 1.26 bits per heavy atom. The van der Waals surface area contributed by atoms with Crippen molar-refractivity contribution in [3.63, 3.8) is 0 Å². The number of hydrogen-bond donors (Lipinski definition) is 1. The van der Waals surface area contributed by atoms with Crippen LogP contribution in [-0.4, -0.2) is 43.2 Å². The summed E-state index contributed by atoms with van der Waals surface area (Å²) in [4.78, 5) is 14.4. The minimum absolute atomic E-state index is 0.303. The van der Waals surface area contributed by atoms with Crippen LogP contribution in [-0.2, 0) is 4.74 Å². The molecule has 2 aliphatic rings. The predicted molar refractivity (Wildman–Crippen MR) is 86.9 cm³/mol. The van der Waals surface area contributed by atoms with Crippen LogP contribution in [0.3, 0.4) is 0 Å². The second-order valence-corrected chi connectivity index (χ2v) is 6.77. The highest BCUT2D eigenvalue weighted by molar-refractivity contribution is 5.91. The summed E-state index contributed by atoms with van der Waals surface area (Å²) >= 11 is 0. The average Bonchev–Trinajstić information content (AvgIpc) is 3.01. The van der Waals surface area contributed by atoms with Gasteiger partial charge >= 0.3 is 5.97 Å². The Balaban J connectivity index is 1.69. The molecule has 1 atom stereocenters. The normalized spacial score (nSPS) is 28.7. The maximum Gasteiger partial charge on any atom is 0.338 e. The molecule has 3 rings (SSSR count). The van der Waals surface area contributed by atoms with Crippen molar-refractivity contribution in [2.24, 2.45) is 5.73 Å². The van der Waals surface area contributed by atoms with Gasteiger partial charge in [-0.25, -0.2) is 9.18 Å². The van der Waals surface area contributed by atoms with Crippen LogP contribution in [0.4, 0.5) is 4.39 Å². The van der Waals surface area contributed by atoms with Gasteiger partial charge in [0.1, 0.15) is 5.82 Å². The van der Waals surface area contributed by atoms with Crippen LogP contribution < -0.4 is 5.73 Å². The quantitative estimate of drug-likeness (QED) is 0.870. The molecule has 1 aromatic rings. The first-order valence-electron chi connectivity index (χ1n) is 8.46. The fraction of sp³-hybridized carbons (Fsp3) is 0.611. The third kappa shape index (κ3) is 3.56. The van der Waals surface area contributed by atoms with Crippen molar-refractivity contribution < 1.29 is 13.9 Å². The highest BCUT2D eigenvalue weighted by atomic mass is 19.1. The Morgan fingerprint density at radius 3 is 2.61 bits per heavy atom. The number of nitrogens with zero attached hydrogens (tertiary/aromatic N) is 1. The number of hydrogen-bond acceptors (Lipinski definition) is 4. The average molecular weight is 320 g/mol. The lowest BCUT2D eigenvalue weighted by Crippen LogP contribution is -2.38. The van der Waals surface area contributed by atoms with E-state index in [2.05, 4.69) is 4.90 Å². The number of carbonyl (C=O) groups excluding carboxylic acids is 1. The number of rotatable bonds is 3. The molecule has 0 radical (unpaired) electrons. The van der Waals surface area contributed by atoms with Crippen LogP contribution >= 0.6 is 0 Å². The van der Waals surface area contributed by atoms with Crippen LogP contribution in [0.25, 0.3) is 0 Å². The zero-order valence-electron chi connectivity index (χ0n) is 13.6. The first-order valence-corrected chi connectivity index (χ1v) is 8.46. The SMILES string of the molecule is COC(=O)c1cc(F)ccc1C1CCC(N2CCC(N)C2)CC1. The summed E-state index contributed by atoms with van der Waals surface area (Å²) in [5.41, 5.74) is 7.30. The number of nitrogens with two attached hydrogens (primary N) is 1. The van der Waals surface area contributed by atoms with Crippen molar-refractivity contribution in [3.8, 4) is 0 Å². The molecule has 5 heteroatoms. The number of ether oxygens (including phenoxy) is 1. The Bertz CT molecular complexity index is 570. The van der Waals surface area contributed by atoms with Crippen LogP contribution in [0.15, 0.2) is 18.2 Å². The van der Waals surface area contributed by atoms with Crippen LogP contribution in [0.2, 0.25) is 0 Å². The van der Waals surface area contributed by atoms with Gasteiger partial charge in [-0.3, -0.25) is 4.90 Å². The number of halogens is 1. The van der Waals surface area contributed by atoms with Gasteiger partial charge in [-0.2, -0.15) is 0 Å². The number of likely N-dealkylation sites (tertiary alicyclic amines) is 1. The Labute approximate surface area is 136 Å². The predicted octanol–water partition coefficient (Wildman–Crippen LogP) is 2.67. The number of methoxy groups -OCH3 is 1. The molecule has 0 aromatic heterocycles. The minimum atomic E-state index is -0.452. The zero-order chi connectivity index (χ0) is 16.4. The second kappa shape index (κ2) is 6.97. The summed E-state index contributed by atoms with van der Waals surface area (Å²) in [5, 5.41) is 0. The van der Waals surface area contributed by atoms with Gasteiger partial charge in [0.2, 0.25) is 0 Å². The lowest BCUT2D eigenvalue weighted by Gasteiger charge is -2.35. The Kier molecular flexibility index (Phi) is 4.97. The molecule has 1 aromatic carbocycles. The van der Waals surface area contributed by atoms with Gasteiger partial charge in [-0.05, 0) is 55.7 Å². The van der Waals surface area contributed by atoms with E-state index in [1.54, 1.807) is 6.07 Å². The maximum absolute atomic E-state index is 13.5. The van der Waals surface area contributed by atoms with Gasteiger partial charge in [0.15, 0.2) is 0 Å². The van der Waals surface area contributed by atoms with E-state index >= 15 is 0 Å². The summed E-state index contributed by atoms with van der Waals surface area (Å²) in [6.07, 6.45) is 5.34. The highest BCUT2D eigenvalue weighted by Crippen LogP contribution is 2.37. The lowest BCUT2D eigenvalue weighted by molar-refractivity contribution is 0.0597. The molecule has 1 unspecified atom stereocenters. The van der Waals surface area contributed by atoms with E-state index in [9.17, 15) is 9.18 Å². The topological polar surface area (TPSA) is 55.6 Å². The smallest absolute Gasteiger partial charge is 0.338 e. The lowest BCUT2D eigenvalue weighted by atomic mass is 9.79. The minimum Gasteiger partial charge on any atom is -0.465 e. The first-order chi connectivity index (χ1) is 11.1. The van der Waals surface area contributed by atoms with Gasteiger partial charge in [0, 0.05) is 25.2 Å². The molecule has 0 amide bonds. The maximum atomic E-state index is 13.5. The van der Waals surface area contributed by atoms with E-state index in [4.69, 9.17) is 10.5 Å². The van der Waals surface area contributed by atoms with E-state index in [-0.39, 0.29) is 0 Å². The third-order valence-electron chi connectivity index (χ3n) is 5.33. The van der Waals surface area contributed by atoms with Crippen molar-refractivity contribution in [2.75, 3.05) is 20.2 Å². The van der Waals surface area contributed by atoms with E-state index < -0.39 is 11.8 Å². The van der Waals surface area contributed by atoms with Crippen molar-refractivity contribution in [3.05, 3.63) is 35.1 Å². The highest BCUT2D eigenvalue weighted by Gasteiger charge is 2.31. The van der Waals surface area contributed by atoms with Crippen molar-refractivity contribution >= 4 is 5.97 Å². The largest absolute Gasteiger partial charge is 0.465 e. The molecular formula is C18H25FN2O2. The molecule has 0 spiro atoms. The summed E-state index contributed by atoms with van der Waals surface area (Å²) < 4.78 is 18.3. The molecule has 1 saturated carbocycles. The molecule has 4 nitrogen and oxygen atoms in total. The van der Waals surface area contributed by atoms with Crippen molar-refractivity contribution in [2.45, 2.75) is 50.1 Å². The molecule has 0 bridgehead atoms. The molecule has 1 aliphatic heterocycles. The summed E-state index contributed by atoms with van der Waals surface area (Å²) in [6.45, 7) is 2.10. The molecule has 23 heavy (non-hydrogen) atoms. The number of benzene rings is 1. The monoisotopic (exact) mass is 320 g/mol. The molecular weight excluding hydrogens is 295 g/mol. The number of esters is 1. The standard InChI is InChI=1S/C18H25FN2O2/c1-23-18(22)17-10-13(19)4-7-16(17)12-2-5-15(6-3-12)21-9-8-14(20)11-21/h4,7,10,12,14-15H,2-3,5-6,8-9,11,20H2,1H3. The Hall–Kier alpha value is -1.46. The molecule has 1 heterocycles. The fourth-order valence-corrected chi connectivity index (χ4v) is 4.07. The van der Waals surface area contributed by atoms with E-state index in [0.717, 1.165) is 50.8 Å². The Morgan fingerprint density at radius 2 is 2.00 bits per heavy atom. The van der Waals surface area contributed by atoms with E-state index in [1.807, 2.05) is 0 Å². The molecule has 2 N–H and O–H groups in total. The molecule has 126 valence electrons. The summed E-state index contributed by atoms with van der Waals surface area (Å²) in [5.74, 6) is -0.543. The van der Waals surface area contributed by atoms with Gasteiger partial charge in [0.05, 0.1) is 12.7 Å². The van der Waals surface area contributed by atoms with Crippen LogP contribution in [0.1, 0.15) is 53.9 Å². The van der Waals surface area contributed by atoms with Crippen molar-refractivity contribution in [1.82, 2.24) is 4.90 Å². The first kappa shape index (κ1) is 16.4. The second-order valence-electron chi connectivity index (χ2n) is 6.77.